The van der Waals surface area contributed by atoms with E-state index < -0.39 is 5.82 Å². The molecule has 0 atom stereocenters. The lowest BCUT2D eigenvalue weighted by molar-refractivity contribution is -0.119. The van der Waals surface area contributed by atoms with Crippen LogP contribution in [0.4, 0.5) is 9.39 Å². The average Bonchev–Trinajstić information content (AvgIpc) is 3.11. The van der Waals surface area contributed by atoms with Crippen molar-refractivity contribution in [1.29, 1.82) is 0 Å². The van der Waals surface area contributed by atoms with Gasteiger partial charge in [0.05, 0.1) is 17.9 Å². The fraction of sp³-hybridized carbons (Fsp3) is 0.381. The minimum Gasteiger partial charge on any atom is -0.462 e. The summed E-state index contributed by atoms with van der Waals surface area (Å²) in [5, 5.41) is 4.15. The van der Waals surface area contributed by atoms with Crippen LogP contribution in [0.15, 0.2) is 18.2 Å². The van der Waals surface area contributed by atoms with Crippen molar-refractivity contribution in [3.05, 3.63) is 50.6 Å². The van der Waals surface area contributed by atoms with Crippen LogP contribution < -0.4 is 16.2 Å². The first kappa shape index (κ1) is 24.8. The molecular weight excluding hydrogens is 493 g/mol. The largest absolute Gasteiger partial charge is 0.462 e. The molecular formula is C21H23ClFN3O3S3. The lowest BCUT2D eigenvalue weighted by Crippen LogP contribution is -2.44. The number of fused-ring (bicyclic) bond motifs is 1. The highest BCUT2D eigenvalue weighted by molar-refractivity contribution is 7.99. The topological polar surface area (TPSA) is 79.5 Å². The normalized spacial score (nSPS) is 12.6. The first-order chi connectivity index (χ1) is 15.4. The number of carbonyl (C=O) groups is 2. The molecule has 0 aliphatic heterocycles. The maximum Gasteiger partial charge on any atom is 0.341 e. The lowest BCUT2D eigenvalue weighted by atomic mass is 9.95. The summed E-state index contributed by atoms with van der Waals surface area (Å²) < 4.78 is 18.3. The Bertz CT molecular complexity index is 1020. The van der Waals surface area contributed by atoms with Crippen LogP contribution in [0.3, 0.4) is 0 Å². The molecule has 1 aliphatic carbocycles. The molecule has 0 spiro atoms. The number of nitrogens with one attached hydrogen (secondary N) is 3. The average molecular weight is 516 g/mol. The number of benzene rings is 1. The summed E-state index contributed by atoms with van der Waals surface area (Å²) >= 11 is 14.1. The highest BCUT2D eigenvalue weighted by Crippen LogP contribution is 2.38. The molecule has 1 aromatic carbocycles. The number of hydrazine groups is 1. The van der Waals surface area contributed by atoms with Crippen LogP contribution in [-0.4, -0.2) is 29.3 Å². The smallest absolute Gasteiger partial charge is 0.341 e. The third-order valence-corrected chi connectivity index (χ3v) is 7.44. The zero-order valence-electron chi connectivity index (χ0n) is 17.4. The number of hydrogen-bond donors (Lipinski definition) is 3. The van der Waals surface area contributed by atoms with Gasteiger partial charge >= 0.3 is 5.97 Å². The fourth-order valence-corrected chi connectivity index (χ4v) is 5.91. The lowest BCUT2D eigenvalue weighted by Gasteiger charge is -2.13. The first-order valence-corrected chi connectivity index (χ1v) is 12.8. The van der Waals surface area contributed by atoms with E-state index in [4.69, 9.17) is 28.6 Å². The number of esters is 1. The Morgan fingerprint density at radius 1 is 1.28 bits per heavy atom. The van der Waals surface area contributed by atoms with E-state index in [1.165, 1.54) is 40.1 Å². The van der Waals surface area contributed by atoms with Gasteiger partial charge in [-0.05, 0) is 68.1 Å². The standard InChI is InChI=1S/C21H23ClFN3O3S3/c1-2-29-20(28)18-14-5-3-4-6-16(14)32-19(18)24-21(30)26-25-17(27)11-31-10-12-7-8-13(23)9-15(12)22/h7-9H,2-6,10-11H2,1H3,(H,25,27)(H2,24,26,30). The van der Waals surface area contributed by atoms with Crippen molar-refractivity contribution >= 4 is 68.9 Å². The molecule has 1 aromatic heterocycles. The summed E-state index contributed by atoms with van der Waals surface area (Å²) in [5.74, 6) is -0.418. The number of halogens is 2. The highest BCUT2D eigenvalue weighted by atomic mass is 35.5. The van der Waals surface area contributed by atoms with Crippen molar-refractivity contribution in [2.75, 3.05) is 17.7 Å². The number of carbonyl (C=O) groups excluding carboxylic acids is 2. The number of thioether (sulfide) groups is 1. The molecule has 172 valence electrons. The van der Waals surface area contributed by atoms with E-state index in [9.17, 15) is 14.0 Å². The summed E-state index contributed by atoms with van der Waals surface area (Å²) in [6.07, 6.45) is 3.90. The molecule has 2 aromatic rings. The van der Waals surface area contributed by atoms with Gasteiger partial charge in [0.1, 0.15) is 10.8 Å². The van der Waals surface area contributed by atoms with Crippen LogP contribution in [0.1, 0.15) is 46.1 Å². The molecule has 3 N–H and O–H groups in total. The van der Waals surface area contributed by atoms with E-state index in [2.05, 4.69) is 16.2 Å². The Balaban J connectivity index is 1.50. The van der Waals surface area contributed by atoms with Gasteiger partial charge in [0.25, 0.3) is 0 Å². The molecule has 1 heterocycles. The molecule has 11 heteroatoms. The summed E-state index contributed by atoms with van der Waals surface area (Å²) in [7, 11) is 0. The van der Waals surface area contributed by atoms with Crippen molar-refractivity contribution in [2.24, 2.45) is 0 Å². The molecule has 0 saturated heterocycles. The summed E-state index contributed by atoms with van der Waals surface area (Å²) in [6, 6.07) is 4.18. The van der Waals surface area contributed by atoms with Crippen molar-refractivity contribution in [3.63, 3.8) is 0 Å². The molecule has 6 nitrogen and oxygen atoms in total. The fourth-order valence-electron chi connectivity index (χ4n) is 3.26. The predicted molar refractivity (Wildman–Crippen MR) is 132 cm³/mol. The van der Waals surface area contributed by atoms with Crippen molar-refractivity contribution in [1.82, 2.24) is 10.9 Å². The zero-order valence-corrected chi connectivity index (χ0v) is 20.6. The van der Waals surface area contributed by atoms with Gasteiger partial charge in [0.2, 0.25) is 5.91 Å². The van der Waals surface area contributed by atoms with Gasteiger partial charge in [0.15, 0.2) is 5.11 Å². The number of hydrogen-bond acceptors (Lipinski definition) is 6. The first-order valence-electron chi connectivity index (χ1n) is 10.1. The summed E-state index contributed by atoms with van der Waals surface area (Å²) in [6.45, 7) is 2.07. The van der Waals surface area contributed by atoms with Gasteiger partial charge in [0, 0.05) is 15.7 Å². The van der Waals surface area contributed by atoms with Gasteiger partial charge in [-0.3, -0.25) is 15.6 Å². The van der Waals surface area contributed by atoms with Crippen LogP contribution in [-0.2, 0) is 28.1 Å². The Morgan fingerprint density at radius 3 is 2.81 bits per heavy atom. The van der Waals surface area contributed by atoms with Crippen LogP contribution in [0, 0.1) is 5.82 Å². The molecule has 3 rings (SSSR count). The van der Waals surface area contributed by atoms with Crippen LogP contribution in [0.5, 0.6) is 0 Å². The molecule has 0 unspecified atom stereocenters. The third-order valence-electron chi connectivity index (χ3n) is 4.70. The molecule has 1 aliphatic rings. The molecule has 1 amide bonds. The van der Waals surface area contributed by atoms with E-state index >= 15 is 0 Å². The monoisotopic (exact) mass is 515 g/mol. The molecule has 0 saturated carbocycles. The number of aryl methyl sites for hydroxylation is 1. The number of ether oxygens (including phenoxy) is 1. The van der Waals surface area contributed by atoms with Crippen molar-refractivity contribution < 1.29 is 18.7 Å². The second kappa shape index (κ2) is 11.8. The van der Waals surface area contributed by atoms with Crippen molar-refractivity contribution in [2.45, 2.75) is 38.4 Å². The zero-order chi connectivity index (χ0) is 23.1. The number of anilines is 1. The van der Waals surface area contributed by atoms with Crippen molar-refractivity contribution in [3.8, 4) is 0 Å². The molecule has 32 heavy (non-hydrogen) atoms. The minimum absolute atomic E-state index is 0.157. The summed E-state index contributed by atoms with van der Waals surface area (Å²) in [5.41, 5.74) is 7.52. The minimum atomic E-state index is -0.399. The van der Waals surface area contributed by atoms with Gasteiger partial charge < -0.3 is 10.1 Å². The quantitative estimate of drug-likeness (QED) is 0.276. The van der Waals surface area contributed by atoms with E-state index in [0.717, 1.165) is 36.8 Å². The molecule has 0 bridgehead atoms. The maximum atomic E-state index is 13.1. The summed E-state index contributed by atoms with van der Waals surface area (Å²) in [4.78, 5) is 25.8. The second-order valence-corrected chi connectivity index (χ2v) is 9.90. The van der Waals surface area contributed by atoms with Crippen LogP contribution >= 0.6 is 46.9 Å². The predicted octanol–water partition coefficient (Wildman–Crippen LogP) is 4.85. The van der Waals surface area contributed by atoms with Gasteiger partial charge in [-0.1, -0.05) is 17.7 Å². The van der Waals surface area contributed by atoms with Gasteiger partial charge in [-0.2, -0.15) is 0 Å². The Kier molecular flexibility index (Phi) is 9.15. The SMILES string of the molecule is CCOC(=O)c1c(NC(=S)NNC(=O)CSCc2ccc(F)cc2Cl)sc2c1CCCC2. The number of amides is 1. The van der Waals surface area contributed by atoms with Gasteiger partial charge in [-0.15, -0.1) is 23.1 Å². The molecule has 0 radical (unpaired) electrons. The maximum absolute atomic E-state index is 13.1. The van der Waals surface area contributed by atoms with E-state index in [-0.39, 0.29) is 22.7 Å². The Morgan fingerprint density at radius 2 is 2.06 bits per heavy atom. The van der Waals surface area contributed by atoms with Crippen LogP contribution in [0.2, 0.25) is 5.02 Å². The Hall–Kier alpha value is -1.88. The van der Waals surface area contributed by atoms with E-state index in [1.54, 1.807) is 13.0 Å². The Labute approximate surface area is 204 Å². The second-order valence-electron chi connectivity index (χ2n) is 6.99. The number of thiocarbonyl (C=S) groups is 1. The highest BCUT2D eigenvalue weighted by Gasteiger charge is 2.26. The van der Waals surface area contributed by atoms with Gasteiger partial charge in [-0.25, -0.2) is 9.18 Å². The van der Waals surface area contributed by atoms with E-state index in [0.29, 0.717) is 27.9 Å². The van der Waals surface area contributed by atoms with Crippen LogP contribution in [0.25, 0.3) is 0 Å². The van der Waals surface area contributed by atoms with E-state index in [1.807, 2.05) is 0 Å². The number of rotatable bonds is 7. The third kappa shape index (κ3) is 6.57. The number of thiophene rings is 1. The molecule has 0 fully saturated rings.